The van der Waals surface area contributed by atoms with Gasteiger partial charge in [0.15, 0.2) is 5.96 Å². The van der Waals surface area contributed by atoms with Crippen LogP contribution in [0.5, 0.6) is 5.75 Å². The van der Waals surface area contributed by atoms with Gasteiger partial charge in [0.1, 0.15) is 5.75 Å². The Bertz CT molecular complexity index is 362. The van der Waals surface area contributed by atoms with Gasteiger partial charge >= 0.3 is 0 Å². The Morgan fingerprint density at radius 3 is 2.93 bits per heavy atom. The van der Waals surface area contributed by atoms with Gasteiger partial charge in [-0.25, -0.2) is 4.99 Å². The predicted molar refractivity (Wildman–Crippen MR) is 55.2 cm³/mol. The van der Waals surface area contributed by atoms with Crippen molar-refractivity contribution < 1.29 is 4.74 Å². The van der Waals surface area contributed by atoms with E-state index in [4.69, 9.17) is 10.5 Å². The van der Waals surface area contributed by atoms with Crippen LogP contribution in [0.4, 0.5) is 0 Å². The zero-order chi connectivity index (χ0) is 9.97. The number of nitrogens with one attached hydrogen (secondary N) is 1. The first-order valence-corrected chi connectivity index (χ1v) is 4.55. The summed E-state index contributed by atoms with van der Waals surface area (Å²) in [5.74, 6) is 1.31. The van der Waals surface area contributed by atoms with Crippen LogP contribution in [0, 0.1) is 6.92 Å². The first-order chi connectivity index (χ1) is 6.75. The molecule has 0 radical (unpaired) electrons. The fraction of sp³-hybridized carbons (Fsp3) is 0.300. The van der Waals surface area contributed by atoms with Crippen LogP contribution in [0.2, 0.25) is 0 Å². The predicted octanol–water partition coefficient (Wildman–Crippen LogP) is 0.618. The van der Waals surface area contributed by atoms with Gasteiger partial charge in [-0.3, -0.25) is 0 Å². The minimum Gasteiger partial charge on any atom is -0.466 e. The molecule has 14 heavy (non-hydrogen) atoms. The molecule has 0 bridgehead atoms. The molecule has 1 aromatic rings. The van der Waals surface area contributed by atoms with Gasteiger partial charge in [-0.1, -0.05) is 18.2 Å². The lowest BCUT2D eigenvalue weighted by Crippen LogP contribution is -2.28. The van der Waals surface area contributed by atoms with Gasteiger partial charge in [-0.05, 0) is 18.6 Å². The Balaban J connectivity index is 2.08. The number of guanidine groups is 1. The highest BCUT2D eigenvalue weighted by Gasteiger charge is 2.16. The molecule has 0 aromatic heterocycles. The topological polar surface area (TPSA) is 59.6 Å². The molecule has 4 nitrogen and oxygen atoms in total. The van der Waals surface area contributed by atoms with E-state index in [-0.39, 0.29) is 6.23 Å². The van der Waals surface area contributed by atoms with Crippen molar-refractivity contribution in [3.63, 3.8) is 0 Å². The smallest absolute Gasteiger partial charge is 0.210 e. The van der Waals surface area contributed by atoms with Gasteiger partial charge in [-0.15, -0.1) is 0 Å². The largest absolute Gasteiger partial charge is 0.466 e. The molecule has 0 saturated carbocycles. The average Bonchev–Trinajstić information content (AvgIpc) is 2.56. The normalized spacial score (nSPS) is 20.1. The van der Waals surface area contributed by atoms with E-state index in [0.29, 0.717) is 12.5 Å². The third kappa shape index (κ3) is 1.79. The molecule has 74 valence electrons. The lowest BCUT2D eigenvalue weighted by molar-refractivity contribution is 0.223. The molecular weight excluding hydrogens is 178 g/mol. The van der Waals surface area contributed by atoms with Crippen LogP contribution in [-0.2, 0) is 0 Å². The molecule has 0 saturated heterocycles. The maximum absolute atomic E-state index is 5.65. The molecule has 0 amide bonds. The van der Waals surface area contributed by atoms with E-state index < -0.39 is 0 Å². The van der Waals surface area contributed by atoms with Crippen molar-refractivity contribution in [3.8, 4) is 5.75 Å². The summed E-state index contributed by atoms with van der Waals surface area (Å²) in [4.78, 5) is 4.09. The van der Waals surface area contributed by atoms with Crippen LogP contribution in [0.1, 0.15) is 5.56 Å². The van der Waals surface area contributed by atoms with Gasteiger partial charge < -0.3 is 15.8 Å². The highest BCUT2D eigenvalue weighted by molar-refractivity contribution is 5.79. The van der Waals surface area contributed by atoms with Crippen molar-refractivity contribution in [1.82, 2.24) is 5.32 Å². The third-order valence-electron chi connectivity index (χ3n) is 2.10. The van der Waals surface area contributed by atoms with Gasteiger partial charge in [-0.2, -0.15) is 0 Å². The fourth-order valence-corrected chi connectivity index (χ4v) is 1.34. The number of rotatable bonds is 2. The molecule has 2 rings (SSSR count). The van der Waals surface area contributed by atoms with Gasteiger partial charge in [0.25, 0.3) is 0 Å². The SMILES string of the molecule is Cc1ccccc1OC1CNC(N)=N1. The maximum Gasteiger partial charge on any atom is 0.210 e. The zero-order valence-corrected chi connectivity index (χ0v) is 8.03. The van der Waals surface area contributed by atoms with Crippen molar-refractivity contribution >= 4 is 5.96 Å². The Hall–Kier alpha value is -1.71. The number of nitrogens with zero attached hydrogens (tertiary/aromatic N) is 1. The van der Waals surface area contributed by atoms with E-state index in [0.717, 1.165) is 11.3 Å². The molecular formula is C10H13N3O. The van der Waals surface area contributed by atoms with Crippen LogP contribution in [-0.4, -0.2) is 18.7 Å². The lowest BCUT2D eigenvalue weighted by Gasteiger charge is -2.11. The molecule has 1 aliphatic heterocycles. The average molecular weight is 191 g/mol. The summed E-state index contributed by atoms with van der Waals surface area (Å²) in [6.45, 7) is 2.64. The molecule has 1 aliphatic rings. The lowest BCUT2D eigenvalue weighted by atomic mass is 10.2. The monoisotopic (exact) mass is 191 g/mol. The Kier molecular flexibility index (Phi) is 2.26. The number of para-hydroxylation sites is 1. The quantitative estimate of drug-likeness (QED) is 0.720. The highest BCUT2D eigenvalue weighted by Crippen LogP contribution is 2.18. The zero-order valence-electron chi connectivity index (χ0n) is 8.03. The Morgan fingerprint density at radius 2 is 2.29 bits per heavy atom. The first-order valence-electron chi connectivity index (χ1n) is 4.55. The number of benzene rings is 1. The molecule has 1 atom stereocenters. The first kappa shape index (κ1) is 8.87. The molecule has 1 aromatic carbocycles. The summed E-state index contributed by atoms with van der Waals surface area (Å²) in [6, 6.07) is 7.86. The summed E-state index contributed by atoms with van der Waals surface area (Å²) < 4.78 is 5.65. The van der Waals surface area contributed by atoms with E-state index in [2.05, 4.69) is 10.3 Å². The number of nitrogens with two attached hydrogens (primary N) is 1. The molecule has 1 unspecified atom stereocenters. The fourth-order valence-electron chi connectivity index (χ4n) is 1.34. The Labute approximate surface area is 82.8 Å². The minimum absolute atomic E-state index is 0.198. The van der Waals surface area contributed by atoms with Crippen LogP contribution >= 0.6 is 0 Å². The van der Waals surface area contributed by atoms with E-state index in [1.807, 2.05) is 31.2 Å². The Morgan fingerprint density at radius 1 is 1.50 bits per heavy atom. The summed E-state index contributed by atoms with van der Waals surface area (Å²) in [5.41, 5.74) is 6.58. The van der Waals surface area contributed by atoms with Gasteiger partial charge in [0.2, 0.25) is 6.23 Å². The van der Waals surface area contributed by atoms with Crippen LogP contribution < -0.4 is 15.8 Å². The number of aryl methyl sites for hydroxylation is 1. The van der Waals surface area contributed by atoms with E-state index in [9.17, 15) is 0 Å². The van der Waals surface area contributed by atoms with Crippen molar-refractivity contribution in [1.29, 1.82) is 0 Å². The second-order valence-electron chi connectivity index (χ2n) is 3.23. The van der Waals surface area contributed by atoms with Crippen molar-refractivity contribution in [2.24, 2.45) is 10.7 Å². The van der Waals surface area contributed by atoms with Crippen molar-refractivity contribution in [3.05, 3.63) is 29.8 Å². The highest BCUT2D eigenvalue weighted by atomic mass is 16.5. The minimum atomic E-state index is -0.198. The van der Waals surface area contributed by atoms with Crippen LogP contribution in [0.25, 0.3) is 0 Å². The number of hydrogen-bond donors (Lipinski definition) is 2. The van der Waals surface area contributed by atoms with Gasteiger partial charge in [0, 0.05) is 0 Å². The number of aliphatic imine (C=N–C) groups is 1. The molecule has 0 aliphatic carbocycles. The number of ether oxygens (including phenoxy) is 1. The summed E-state index contributed by atoms with van der Waals surface area (Å²) in [7, 11) is 0. The van der Waals surface area contributed by atoms with E-state index in [1.54, 1.807) is 0 Å². The van der Waals surface area contributed by atoms with E-state index >= 15 is 0 Å². The second kappa shape index (κ2) is 3.57. The molecule has 0 spiro atoms. The molecule has 4 heteroatoms. The van der Waals surface area contributed by atoms with Crippen molar-refractivity contribution in [2.45, 2.75) is 13.2 Å². The maximum atomic E-state index is 5.65. The third-order valence-corrected chi connectivity index (χ3v) is 2.10. The summed E-state index contributed by atoms with van der Waals surface area (Å²) in [6.07, 6.45) is -0.198. The second-order valence-corrected chi connectivity index (χ2v) is 3.23. The molecule has 1 heterocycles. The molecule has 0 fully saturated rings. The van der Waals surface area contributed by atoms with Crippen molar-refractivity contribution in [2.75, 3.05) is 6.54 Å². The summed E-state index contributed by atoms with van der Waals surface area (Å²) in [5, 5.41) is 2.91. The van der Waals surface area contributed by atoms with Gasteiger partial charge in [0.05, 0.1) is 6.54 Å². The van der Waals surface area contributed by atoms with Crippen LogP contribution in [0.3, 0.4) is 0 Å². The van der Waals surface area contributed by atoms with Crippen LogP contribution in [0.15, 0.2) is 29.3 Å². The molecule has 3 N–H and O–H groups in total. The number of hydrogen-bond acceptors (Lipinski definition) is 4. The standard InChI is InChI=1S/C10H13N3O/c1-7-4-2-3-5-8(7)14-9-6-12-10(11)13-9/h2-5,9H,6H2,1H3,(H3,11,12,13). The summed E-state index contributed by atoms with van der Waals surface area (Å²) >= 11 is 0. The van der Waals surface area contributed by atoms with E-state index in [1.165, 1.54) is 0 Å².